The van der Waals surface area contributed by atoms with Crippen LogP contribution in [0, 0.1) is 0 Å². The summed E-state index contributed by atoms with van der Waals surface area (Å²) in [6.07, 6.45) is -0.0114. The molecule has 1 aromatic rings. The van der Waals surface area contributed by atoms with E-state index in [9.17, 15) is 13.6 Å². The van der Waals surface area contributed by atoms with Gasteiger partial charge in [-0.3, -0.25) is 4.79 Å². The van der Waals surface area contributed by atoms with E-state index >= 15 is 0 Å². The summed E-state index contributed by atoms with van der Waals surface area (Å²) in [5.41, 5.74) is 0.00894. The number of rotatable bonds is 4. The lowest BCUT2D eigenvalue weighted by Gasteiger charge is -2.03. The molecule has 1 aromatic heterocycles. The summed E-state index contributed by atoms with van der Waals surface area (Å²) >= 11 is 0. The number of nitrogens with one attached hydrogen (secondary N) is 2. The zero-order valence-corrected chi connectivity index (χ0v) is 8.00. The molecule has 0 saturated carbocycles. The maximum absolute atomic E-state index is 11.8. The van der Waals surface area contributed by atoms with Gasteiger partial charge in [0, 0.05) is 7.05 Å². The number of nitrogens with zero attached hydrogens (tertiary/aromatic N) is 2. The SMILES string of the molecule is CNc1cnc(C(=O)NCC(F)F)cn1. The van der Waals surface area contributed by atoms with Crippen molar-refractivity contribution >= 4 is 11.7 Å². The summed E-state index contributed by atoms with van der Waals surface area (Å²) < 4.78 is 23.5. The first-order valence-corrected chi connectivity index (χ1v) is 4.19. The van der Waals surface area contributed by atoms with Crippen molar-refractivity contribution in [2.75, 3.05) is 18.9 Å². The molecular weight excluding hydrogens is 206 g/mol. The van der Waals surface area contributed by atoms with Crippen LogP contribution in [0.2, 0.25) is 0 Å². The number of anilines is 1. The van der Waals surface area contributed by atoms with E-state index in [1.54, 1.807) is 7.05 Å². The molecule has 0 aliphatic rings. The second kappa shape index (κ2) is 5.18. The molecule has 5 nitrogen and oxygen atoms in total. The summed E-state index contributed by atoms with van der Waals surface area (Å²) in [7, 11) is 1.65. The third-order valence-corrected chi connectivity index (χ3v) is 1.56. The van der Waals surface area contributed by atoms with E-state index in [0.717, 1.165) is 0 Å². The van der Waals surface area contributed by atoms with E-state index in [4.69, 9.17) is 0 Å². The van der Waals surface area contributed by atoms with E-state index in [0.29, 0.717) is 5.82 Å². The van der Waals surface area contributed by atoms with E-state index in [2.05, 4.69) is 15.3 Å². The number of carbonyl (C=O) groups is 1. The molecular formula is C8H10F2N4O. The van der Waals surface area contributed by atoms with Crippen LogP contribution < -0.4 is 10.6 Å². The van der Waals surface area contributed by atoms with Gasteiger partial charge in [0.1, 0.15) is 11.5 Å². The number of aromatic nitrogens is 2. The average molecular weight is 216 g/mol. The highest BCUT2D eigenvalue weighted by Crippen LogP contribution is 1.99. The highest BCUT2D eigenvalue weighted by molar-refractivity contribution is 5.91. The van der Waals surface area contributed by atoms with E-state index < -0.39 is 18.9 Å². The lowest BCUT2D eigenvalue weighted by Crippen LogP contribution is -2.29. The molecule has 1 heterocycles. The zero-order valence-electron chi connectivity index (χ0n) is 8.00. The van der Waals surface area contributed by atoms with E-state index in [-0.39, 0.29) is 5.69 Å². The van der Waals surface area contributed by atoms with Crippen molar-refractivity contribution in [3.05, 3.63) is 18.1 Å². The van der Waals surface area contributed by atoms with Crippen molar-refractivity contribution in [2.45, 2.75) is 6.43 Å². The van der Waals surface area contributed by atoms with Crippen molar-refractivity contribution in [3.8, 4) is 0 Å². The molecule has 0 atom stereocenters. The molecule has 1 rings (SSSR count). The predicted molar refractivity (Wildman–Crippen MR) is 49.9 cm³/mol. The van der Waals surface area contributed by atoms with Crippen LogP contribution in [0.3, 0.4) is 0 Å². The third-order valence-electron chi connectivity index (χ3n) is 1.56. The Morgan fingerprint density at radius 3 is 2.67 bits per heavy atom. The molecule has 82 valence electrons. The number of amides is 1. The Morgan fingerprint density at radius 1 is 1.47 bits per heavy atom. The van der Waals surface area contributed by atoms with Gasteiger partial charge in [0.15, 0.2) is 0 Å². The quantitative estimate of drug-likeness (QED) is 0.769. The molecule has 0 unspecified atom stereocenters. The fraction of sp³-hybridized carbons (Fsp3) is 0.375. The van der Waals surface area contributed by atoms with Crippen molar-refractivity contribution in [3.63, 3.8) is 0 Å². The van der Waals surface area contributed by atoms with Crippen molar-refractivity contribution in [2.24, 2.45) is 0 Å². The molecule has 1 amide bonds. The fourth-order valence-corrected chi connectivity index (χ4v) is 0.835. The molecule has 0 bridgehead atoms. The minimum atomic E-state index is -2.57. The van der Waals surface area contributed by atoms with Gasteiger partial charge < -0.3 is 10.6 Å². The third kappa shape index (κ3) is 3.45. The Morgan fingerprint density at radius 2 is 2.20 bits per heavy atom. The Kier molecular flexibility index (Phi) is 3.90. The zero-order chi connectivity index (χ0) is 11.3. The molecule has 7 heteroatoms. The molecule has 0 spiro atoms. The second-order valence-corrected chi connectivity index (χ2v) is 2.64. The lowest BCUT2D eigenvalue weighted by atomic mass is 10.4. The topological polar surface area (TPSA) is 66.9 Å². The molecule has 0 fully saturated rings. The van der Waals surface area contributed by atoms with Crippen molar-refractivity contribution < 1.29 is 13.6 Å². The van der Waals surface area contributed by atoms with Gasteiger partial charge in [-0.15, -0.1) is 0 Å². The number of alkyl halides is 2. The fourth-order valence-electron chi connectivity index (χ4n) is 0.835. The first-order chi connectivity index (χ1) is 7.13. The minimum Gasteiger partial charge on any atom is -0.372 e. The standard InChI is InChI=1S/C8H10F2N4O/c1-11-7-4-12-5(2-13-7)8(15)14-3-6(9)10/h2,4,6H,3H2,1H3,(H,11,13)(H,14,15). The summed E-state index contributed by atoms with van der Waals surface area (Å²) in [5, 5.41) is 4.74. The Bertz CT molecular complexity index is 328. The van der Waals surface area contributed by atoms with Gasteiger partial charge in [-0.05, 0) is 0 Å². The number of hydrogen-bond acceptors (Lipinski definition) is 4. The van der Waals surface area contributed by atoms with Gasteiger partial charge in [-0.2, -0.15) is 0 Å². The first-order valence-electron chi connectivity index (χ1n) is 4.19. The molecule has 0 radical (unpaired) electrons. The van der Waals surface area contributed by atoms with E-state index in [1.807, 2.05) is 5.32 Å². The predicted octanol–water partition coefficient (Wildman–Crippen LogP) is 0.513. The van der Waals surface area contributed by atoms with Gasteiger partial charge in [-0.25, -0.2) is 18.7 Å². The number of carbonyl (C=O) groups excluding carboxylic acids is 1. The number of halogens is 2. The summed E-state index contributed by atoms with van der Waals surface area (Å²) in [6, 6.07) is 0. The van der Waals surface area contributed by atoms with Gasteiger partial charge in [0.2, 0.25) is 0 Å². The van der Waals surface area contributed by atoms with Crippen LogP contribution in [-0.4, -0.2) is 35.9 Å². The highest BCUT2D eigenvalue weighted by atomic mass is 19.3. The van der Waals surface area contributed by atoms with Crippen LogP contribution in [0.25, 0.3) is 0 Å². The van der Waals surface area contributed by atoms with Crippen LogP contribution in [-0.2, 0) is 0 Å². The van der Waals surface area contributed by atoms with Crippen molar-refractivity contribution in [1.29, 1.82) is 0 Å². The smallest absolute Gasteiger partial charge is 0.271 e. The van der Waals surface area contributed by atoms with Crippen LogP contribution in [0.1, 0.15) is 10.5 Å². The van der Waals surface area contributed by atoms with E-state index in [1.165, 1.54) is 12.4 Å². The van der Waals surface area contributed by atoms with Crippen LogP contribution in [0.4, 0.5) is 14.6 Å². The van der Waals surface area contributed by atoms with Crippen LogP contribution in [0.15, 0.2) is 12.4 Å². The minimum absolute atomic E-state index is 0.00894. The molecule has 0 aliphatic carbocycles. The van der Waals surface area contributed by atoms with Gasteiger partial charge in [0.25, 0.3) is 12.3 Å². The van der Waals surface area contributed by atoms with Gasteiger partial charge in [0.05, 0.1) is 18.9 Å². The maximum atomic E-state index is 11.8. The average Bonchev–Trinajstić information content (AvgIpc) is 2.26. The monoisotopic (exact) mass is 216 g/mol. The van der Waals surface area contributed by atoms with Crippen LogP contribution >= 0.6 is 0 Å². The molecule has 15 heavy (non-hydrogen) atoms. The second-order valence-electron chi connectivity index (χ2n) is 2.64. The largest absolute Gasteiger partial charge is 0.372 e. The van der Waals surface area contributed by atoms with Crippen LogP contribution in [0.5, 0.6) is 0 Å². The Labute approximate surface area is 84.9 Å². The first kappa shape index (κ1) is 11.3. The summed E-state index contributed by atoms with van der Waals surface area (Å²) in [4.78, 5) is 18.8. The Balaban J connectivity index is 2.58. The highest BCUT2D eigenvalue weighted by Gasteiger charge is 2.10. The summed E-state index contributed by atoms with van der Waals surface area (Å²) in [6.45, 7) is -0.686. The lowest BCUT2D eigenvalue weighted by molar-refractivity contribution is 0.0886. The Hall–Kier alpha value is -1.79. The summed E-state index contributed by atoms with van der Waals surface area (Å²) in [5.74, 6) is -0.161. The normalized spacial score (nSPS) is 10.1. The maximum Gasteiger partial charge on any atom is 0.271 e. The number of hydrogen-bond donors (Lipinski definition) is 2. The molecule has 0 aliphatic heterocycles. The van der Waals surface area contributed by atoms with Gasteiger partial charge in [-0.1, -0.05) is 0 Å². The van der Waals surface area contributed by atoms with Crippen molar-refractivity contribution in [1.82, 2.24) is 15.3 Å². The molecule has 0 saturated heterocycles. The van der Waals surface area contributed by atoms with Gasteiger partial charge >= 0.3 is 0 Å². The molecule has 0 aromatic carbocycles. The molecule has 2 N–H and O–H groups in total.